The fraction of sp³-hybridized carbons (Fsp3) is 0.400. The van der Waals surface area contributed by atoms with Crippen molar-refractivity contribution in [1.82, 2.24) is 19.6 Å². The Bertz CT molecular complexity index is 1200. The molecule has 34 heavy (non-hydrogen) atoms. The lowest BCUT2D eigenvalue weighted by atomic mass is 9.83. The van der Waals surface area contributed by atoms with Gasteiger partial charge in [-0.2, -0.15) is 0 Å². The van der Waals surface area contributed by atoms with E-state index in [4.69, 9.17) is 11.6 Å². The zero-order chi connectivity index (χ0) is 24.6. The molecule has 3 heterocycles. The number of hydrogen-bond donors (Lipinski definition) is 2. The lowest BCUT2D eigenvalue weighted by Gasteiger charge is -2.40. The number of carbonyl (C=O) groups excluding carboxylic acids is 2. The van der Waals surface area contributed by atoms with E-state index in [1.807, 2.05) is 6.20 Å². The SMILES string of the molecule is CC(C)(C)[C@@H](O)C(=O)N[C@@H]1CN(C(=O)c2cccn3cncc23)CC[C@H]1c1cc(F)cc(Cl)c1. The Kier molecular flexibility index (Phi) is 6.64. The molecule has 9 heteroatoms. The summed E-state index contributed by atoms with van der Waals surface area (Å²) in [6.45, 7) is 5.93. The van der Waals surface area contributed by atoms with Gasteiger partial charge < -0.3 is 19.7 Å². The summed E-state index contributed by atoms with van der Waals surface area (Å²) in [6, 6.07) is 7.30. The fourth-order valence-electron chi connectivity index (χ4n) is 4.43. The Balaban J connectivity index is 1.63. The number of rotatable bonds is 4. The highest BCUT2D eigenvalue weighted by atomic mass is 35.5. The van der Waals surface area contributed by atoms with Crippen LogP contribution in [0.5, 0.6) is 0 Å². The zero-order valence-electron chi connectivity index (χ0n) is 19.3. The first-order valence-corrected chi connectivity index (χ1v) is 11.6. The van der Waals surface area contributed by atoms with Gasteiger partial charge in [0.15, 0.2) is 0 Å². The summed E-state index contributed by atoms with van der Waals surface area (Å²) in [5, 5.41) is 13.7. The van der Waals surface area contributed by atoms with Gasteiger partial charge in [0, 0.05) is 30.2 Å². The van der Waals surface area contributed by atoms with Crippen LogP contribution in [0.1, 0.15) is 49.0 Å². The van der Waals surface area contributed by atoms with Crippen LogP contribution in [0.15, 0.2) is 49.1 Å². The number of nitrogens with zero attached hydrogens (tertiary/aromatic N) is 3. The van der Waals surface area contributed by atoms with Gasteiger partial charge in [0.1, 0.15) is 11.9 Å². The van der Waals surface area contributed by atoms with Crippen LogP contribution in [0, 0.1) is 11.2 Å². The summed E-state index contributed by atoms with van der Waals surface area (Å²) in [6.07, 6.45) is 4.33. The highest BCUT2D eigenvalue weighted by molar-refractivity contribution is 6.30. The van der Waals surface area contributed by atoms with E-state index in [9.17, 15) is 19.1 Å². The van der Waals surface area contributed by atoms with E-state index in [-0.39, 0.29) is 23.4 Å². The normalized spacial score (nSPS) is 19.8. The Hall–Kier alpha value is -2.97. The van der Waals surface area contributed by atoms with Gasteiger partial charge in [-0.3, -0.25) is 9.59 Å². The van der Waals surface area contributed by atoms with Crippen molar-refractivity contribution in [3.63, 3.8) is 0 Å². The first kappa shape index (κ1) is 24.2. The maximum absolute atomic E-state index is 14.1. The molecule has 180 valence electrons. The lowest BCUT2D eigenvalue weighted by Crippen LogP contribution is -2.56. The van der Waals surface area contributed by atoms with E-state index in [0.29, 0.717) is 29.6 Å². The predicted octanol–water partition coefficient (Wildman–Crippen LogP) is 3.65. The van der Waals surface area contributed by atoms with Crippen molar-refractivity contribution in [3.05, 3.63) is 71.0 Å². The number of amides is 2. The summed E-state index contributed by atoms with van der Waals surface area (Å²) in [4.78, 5) is 32.1. The van der Waals surface area contributed by atoms with E-state index in [1.165, 1.54) is 12.1 Å². The summed E-state index contributed by atoms with van der Waals surface area (Å²) >= 11 is 6.10. The zero-order valence-corrected chi connectivity index (χ0v) is 20.1. The van der Waals surface area contributed by atoms with Gasteiger partial charge in [-0.25, -0.2) is 9.37 Å². The molecule has 0 radical (unpaired) electrons. The van der Waals surface area contributed by atoms with Crippen LogP contribution >= 0.6 is 11.6 Å². The molecule has 0 saturated carbocycles. The summed E-state index contributed by atoms with van der Waals surface area (Å²) in [7, 11) is 0. The largest absolute Gasteiger partial charge is 0.383 e. The molecule has 0 aliphatic carbocycles. The Morgan fingerprint density at radius 2 is 2.06 bits per heavy atom. The predicted molar refractivity (Wildman–Crippen MR) is 127 cm³/mol. The average molecular weight is 487 g/mol. The maximum atomic E-state index is 14.1. The molecule has 2 amide bonds. The number of aliphatic hydroxyl groups is 1. The van der Waals surface area contributed by atoms with Gasteiger partial charge in [-0.05, 0) is 47.7 Å². The molecule has 0 unspecified atom stereocenters. The molecule has 4 rings (SSSR count). The topological polar surface area (TPSA) is 86.9 Å². The van der Waals surface area contributed by atoms with Gasteiger partial charge in [0.05, 0.1) is 29.6 Å². The van der Waals surface area contributed by atoms with Crippen LogP contribution in [-0.2, 0) is 4.79 Å². The van der Waals surface area contributed by atoms with Gasteiger partial charge in [0.2, 0.25) is 5.91 Å². The average Bonchev–Trinajstić information content (AvgIpc) is 3.25. The van der Waals surface area contributed by atoms with Crippen molar-refractivity contribution in [3.8, 4) is 0 Å². The minimum Gasteiger partial charge on any atom is -0.383 e. The monoisotopic (exact) mass is 486 g/mol. The summed E-state index contributed by atoms with van der Waals surface area (Å²) < 4.78 is 15.9. The van der Waals surface area contributed by atoms with E-state index in [0.717, 1.165) is 0 Å². The highest BCUT2D eigenvalue weighted by Gasteiger charge is 2.37. The number of likely N-dealkylation sites (tertiary alicyclic amines) is 1. The number of aliphatic hydroxyl groups excluding tert-OH is 1. The summed E-state index contributed by atoms with van der Waals surface area (Å²) in [5.74, 6) is -1.46. The number of carbonyl (C=O) groups is 2. The number of imidazole rings is 1. The van der Waals surface area contributed by atoms with Crippen LogP contribution in [0.4, 0.5) is 4.39 Å². The Morgan fingerprint density at radius 1 is 1.29 bits per heavy atom. The van der Waals surface area contributed by atoms with Crippen molar-refractivity contribution in [2.45, 2.75) is 45.3 Å². The van der Waals surface area contributed by atoms with Crippen LogP contribution in [0.2, 0.25) is 5.02 Å². The molecular weight excluding hydrogens is 459 g/mol. The van der Waals surface area contributed by atoms with Gasteiger partial charge >= 0.3 is 0 Å². The third kappa shape index (κ3) is 4.93. The van der Waals surface area contributed by atoms with E-state index >= 15 is 0 Å². The molecule has 1 aliphatic heterocycles. The first-order chi connectivity index (χ1) is 16.0. The smallest absolute Gasteiger partial charge is 0.256 e. The van der Waals surface area contributed by atoms with Gasteiger partial charge in [-0.1, -0.05) is 32.4 Å². The number of halogens is 2. The Labute approximate surface area is 202 Å². The van der Waals surface area contributed by atoms with E-state index in [1.54, 1.807) is 60.8 Å². The fourth-order valence-corrected chi connectivity index (χ4v) is 4.66. The second kappa shape index (κ2) is 9.35. The molecule has 3 atom stereocenters. The summed E-state index contributed by atoms with van der Waals surface area (Å²) in [5.41, 5.74) is 1.18. The number of fused-ring (bicyclic) bond motifs is 1. The number of pyridine rings is 1. The molecule has 2 aromatic heterocycles. The molecule has 7 nitrogen and oxygen atoms in total. The molecule has 1 saturated heterocycles. The second-order valence-corrected chi connectivity index (χ2v) is 10.3. The second-order valence-electron chi connectivity index (χ2n) is 9.84. The van der Waals surface area contributed by atoms with Crippen LogP contribution < -0.4 is 5.32 Å². The van der Waals surface area contributed by atoms with Crippen LogP contribution in [-0.4, -0.2) is 56.4 Å². The van der Waals surface area contributed by atoms with Gasteiger partial charge in [-0.15, -0.1) is 0 Å². The van der Waals surface area contributed by atoms with E-state index in [2.05, 4.69) is 10.3 Å². The van der Waals surface area contributed by atoms with Crippen molar-refractivity contribution in [1.29, 1.82) is 0 Å². The lowest BCUT2D eigenvalue weighted by molar-refractivity contribution is -0.135. The number of hydrogen-bond acceptors (Lipinski definition) is 4. The number of benzene rings is 1. The van der Waals surface area contributed by atoms with E-state index < -0.39 is 29.3 Å². The van der Waals surface area contributed by atoms with Crippen molar-refractivity contribution < 1.29 is 19.1 Å². The van der Waals surface area contributed by atoms with Crippen molar-refractivity contribution in [2.24, 2.45) is 5.41 Å². The molecule has 2 N–H and O–H groups in total. The molecule has 1 aromatic carbocycles. The minimum absolute atomic E-state index is 0.183. The number of nitrogens with one attached hydrogen (secondary N) is 1. The number of piperidine rings is 1. The Morgan fingerprint density at radius 3 is 2.76 bits per heavy atom. The van der Waals surface area contributed by atoms with Crippen molar-refractivity contribution >= 4 is 28.9 Å². The highest BCUT2D eigenvalue weighted by Crippen LogP contribution is 2.32. The molecule has 3 aromatic rings. The molecule has 0 bridgehead atoms. The minimum atomic E-state index is -1.24. The maximum Gasteiger partial charge on any atom is 0.256 e. The van der Waals surface area contributed by atoms with Gasteiger partial charge in [0.25, 0.3) is 5.91 Å². The third-order valence-electron chi connectivity index (χ3n) is 6.29. The standard InChI is InChI=1S/C25H28ClFN4O3/c1-25(2,3)22(32)23(33)29-20-13-30(8-6-18(20)15-9-16(26)11-17(27)10-15)24(34)19-5-4-7-31-14-28-12-21(19)31/h4-5,7,9-12,14,18,20,22,32H,6,8,13H2,1-3H3,(H,29,33)/t18-,20+,22-/m0/s1. The number of aromatic nitrogens is 2. The quantitative estimate of drug-likeness (QED) is 0.589. The third-order valence-corrected chi connectivity index (χ3v) is 6.51. The molecule has 0 spiro atoms. The van der Waals surface area contributed by atoms with Crippen LogP contribution in [0.3, 0.4) is 0 Å². The molecule has 1 fully saturated rings. The van der Waals surface area contributed by atoms with Crippen LogP contribution in [0.25, 0.3) is 5.52 Å². The molecule has 1 aliphatic rings. The molecular formula is C25H28ClFN4O3. The van der Waals surface area contributed by atoms with Crippen molar-refractivity contribution in [2.75, 3.05) is 13.1 Å². The first-order valence-electron chi connectivity index (χ1n) is 11.2.